The zero-order chi connectivity index (χ0) is 15.0. The van der Waals surface area contributed by atoms with E-state index in [4.69, 9.17) is 0 Å². The average Bonchev–Trinajstić information content (AvgIpc) is 2.94. The van der Waals surface area contributed by atoms with Crippen LogP contribution in [0.1, 0.15) is 52.9 Å². The second kappa shape index (κ2) is 5.26. The minimum Gasteiger partial charge on any atom is -0.480 e. The molecule has 2 aliphatic rings. The molecule has 2 rings (SSSR count). The highest BCUT2D eigenvalue weighted by Gasteiger charge is 2.46. The Morgan fingerprint density at radius 3 is 2.45 bits per heavy atom. The maximum Gasteiger partial charge on any atom is 0.329 e. The molecule has 20 heavy (non-hydrogen) atoms. The zero-order valence-corrected chi connectivity index (χ0v) is 12.7. The summed E-state index contributed by atoms with van der Waals surface area (Å²) in [5.74, 6) is -0.0622. The monoisotopic (exact) mass is 282 g/mol. The molecule has 0 saturated heterocycles. The Hall–Kier alpha value is -1.26. The Balaban J connectivity index is 1.88. The summed E-state index contributed by atoms with van der Waals surface area (Å²) in [5, 5.41) is 15.0. The number of carboxylic acid groups (broad SMARTS) is 1. The lowest BCUT2D eigenvalue weighted by molar-refractivity contribution is -0.146. The third-order valence-electron chi connectivity index (χ3n) is 4.99. The molecular weight excluding hydrogens is 256 g/mol. The number of aliphatic carboxylic acids is 1. The van der Waals surface area contributed by atoms with Crippen LogP contribution in [0.4, 0.5) is 4.79 Å². The molecule has 2 saturated carbocycles. The van der Waals surface area contributed by atoms with Crippen molar-refractivity contribution in [3.8, 4) is 0 Å². The third kappa shape index (κ3) is 3.25. The van der Waals surface area contributed by atoms with Gasteiger partial charge in [-0.25, -0.2) is 9.59 Å². The van der Waals surface area contributed by atoms with Gasteiger partial charge < -0.3 is 15.7 Å². The lowest BCUT2D eigenvalue weighted by Crippen LogP contribution is -2.59. The maximum atomic E-state index is 12.0. The van der Waals surface area contributed by atoms with Gasteiger partial charge in [0.25, 0.3) is 0 Å². The van der Waals surface area contributed by atoms with Crippen LogP contribution in [0.3, 0.4) is 0 Å². The molecule has 0 radical (unpaired) electrons. The molecule has 0 aromatic heterocycles. The topological polar surface area (TPSA) is 78.4 Å². The summed E-state index contributed by atoms with van der Waals surface area (Å²) in [6.45, 7) is 7.03. The summed E-state index contributed by atoms with van der Waals surface area (Å²) in [6.07, 6.45) is 4.05. The molecule has 0 aromatic carbocycles. The van der Waals surface area contributed by atoms with Crippen molar-refractivity contribution in [3.63, 3.8) is 0 Å². The molecule has 2 aliphatic carbocycles. The Bertz CT molecular complexity index is 408. The number of carbonyl (C=O) groups is 2. The van der Waals surface area contributed by atoms with Gasteiger partial charge in [-0.3, -0.25) is 0 Å². The van der Waals surface area contributed by atoms with Gasteiger partial charge >= 0.3 is 12.0 Å². The maximum absolute atomic E-state index is 12.0. The van der Waals surface area contributed by atoms with Crippen molar-refractivity contribution in [1.82, 2.24) is 10.6 Å². The molecule has 0 bridgehead atoms. The van der Waals surface area contributed by atoms with E-state index in [1.807, 2.05) is 6.92 Å². The van der Waals surface area contributed by atoms with Crippen molar-refractivity contribution in [2.75, 3.05) is 6.54 Å². The third-order valence-corrected chi connectivity index (χ3v) is 4.99. The van der Waals surface area contributed by atoms with Crippen LogP contribution in [0.2, 0.25) is 0 Å². The minimum absolute atomic E-state index is 0.317. The van der Waals surface area contributed by atoms with Gasteiger partial charge in [0, 0.05) is 6.54 Å². The molecule has 5 nitrogen and oxygen atoms in total. The van der Waals surface area contributed by atoms with E-state index in [0.717, 1.165) is 19.3 Å². The second-order valence-corrected chi connectivity index (χ2v) is 7.31. The summed E-state index contributed by atoms with van der Waals surface area (Å²) in [5.41, 5.74) is -0.766. The summed E-state index contributed by atoms with van der Waals surface area (Å²) in [4.78, 5) is 23.6. The Labute approximate surface area is 120 Å². The van der Waals surface area contributed by atoms with E-state index in [9.17, 15) is 14.7 Å². The molecule has 0 aliphatic heterocycles. The van der Waals surface area contributed by atoms with E-state index < -0.39 is 11.5 Å². The average molecular weight is 282 g/mol. The van der Waals surface area contributed by atoms with Crippen molar-refractivity contribution in [2.45, 2.75) is 58.4 Å². The van der Waals surface area contributed by atoms with Gasteiger partial charge in [0.15, 0.2) is 0 Å². The highest BCUT2D eigenvalue weighted by atomic mass is 16.4. The smallest absolute Gasteiger partial charge is 0.329 e. The molecule has 5 heteroatoms. The molecule has 114 valence electrons. The van der Waals surface area contributed by atoms with Crippen molar-refractivity contribution >= 4 is 12.0 Å². The van der Waals surface area contributed by atoms with Gasteiger partial charge in [-0.15, -0.1) is 0 Å². The lowest BCUT2D eigenvalue weighted by Gasteiger charge is -2.37. The molecule has 3 N–H and O–H groups in total. The molecule has 2 fully saturated rings. The van der Waals surface area contributed by atoms with Crippen LogP contribution in [-0.2, 0) is 4.79 Å². The van der Waals surface area contributed by atoms with E-state index in [1.54, 1.807) is 0 Å². The van der Waals surface area contributed by atoms with Crippen LogP contribution in [0.15, 0.2) is 0 Å². The largest absolute Gasteiger partial charge is 0.480 e. The normalized spacial score (nSPS) is 35.1. The molecule has 0 heterocycles. The fourth-order valence-corrected chi connectivity index (χ4v) is 3.31. The number of urea groups is 1. The number of rotatable bonds is 4. The van der Waals surface area contributed by atoms with Gasteiger partial charge in [0.2, 0.25) is 0 Å². The molecule has 0 spiro atoms. The highest BCUT2D eigenvalue weighted by Crippen LogP contribution is 2.50. The van der Waals surface area contributed by atoms with Crippen LogP contribution in [-0.4, -0.2) is 29.2 Å². The van der Waals surface area contributed by atoms with Crippen LogP contribution in [0.25, 0.3) is 0 Å². The van der Waals surface area contributed by atoms with Crippen molar-refractivity contribution in [2.24, 2.45) is 17.3 Å². The Morgan fingerprint density at radius 1 is 1.30 bits per heavy atom. The van der Waals surface area contributed by atoms with E-state index >= 15 is 0 Å². The fraction of sp³-hybridized carbons (Fsp3) is 0.867. The predicted octanol–water partition coefficient (Wildman–Crippen LogP) is 2.37. The van der Waals surface area contributed by atoms with Gasteiger partial charge in [-0.05, 0) is 36.5 Å². The Morgan fingerprint density at radius 2 is 1.95 bits per heavy atom. The summed E-state index contributed by atoms with van der Waals surface area (Å²) < 4.78 is 0. The quantitative estimate of drug-likeness (QED) is 0.740. The standard InChI is InChI=1S/C15H26N2O3/c1-10-5-4-6-15(7-10,12(18)19)17-13(20)16-9-11-8-14(11,2)3/h10-11H,4-9H2,1-3H3,(H,18,19)(H2,16,17,20). The SMILES string of the molecule is CC1CCCC(NC(=O)NCC2CC2(C)C)(C(=O)O)C1. The summed E-state index contributed by atoms with van der Waals surface area (Å²) >= 11 is 0. The van der Waals surface area contributed by atoms with Gasteiger partial charge in [-0.2, -0.15) is 0 Å². The van der Waals surface area contributed by atoms with Crippen molar-refractivity contribution in [3.05, 3.63) is 0 Å². The lowest BCUT2D eigenvalue weighted by atomic mass is 9.76. The molecule has 3 atom stereocenters. The first-order valence-electron chi connectivity index (χ1n) is 7.55. The van der Waals surface area contributed by atoms with Crippen LogP contribution in [0.5, 0.6) is 0 Å². The van der Waals surface area contributed by atoms with E-state index in [2.05, 4.69) is 24.5 Å². The fourth-order valence-electron chi connectivity index (χ4n) is 3.31. The van der Waals surface area contributed by atoms with Crippen LogP contribution in [0, 0.1) is 17.3 Å². The highest BCUT2D eigenvalue weighted by molar-refractivity contribution is 5.86. The molecule has 3 unspecified atom stereocenters. The number of nitrogens with one attached hydrogen (secondary N) is 2. The molecule has 0 aromatic rings. The van der Waals surface area contributed by atoms with E-state index in [0.29, 0.717) is 36.6 Å². The van der Waals surface area contributed by atoms with Crippen molar-refractivity contribution in [1.29, 1.82) is 0 Å². The summed E-state index contributed by atoms with van der Waals surface area (Å²) in [6, 6.07) is -0.343. The number of carbonyl (C=O) groups excluding carboxylic acids is 1. The number of hydrogen-bond donors (Lipinski definition) is 3. The van der Waals surface area contributed by atoms with Crippen LogP contribution >= 0.6 is 0 Å². The zero-order valence-electron chi connectivity index (χ0n) is 12.7. The van der Waals surface area contributed by atoms with Gasteiger partial charge in [0.1, 0.15) is 5.54 Å². The van der Waals surface area contributed by atoms with Crippen LogP contribution < -0.4 is 10.6 Å². The van der Waals surface area contributed by atoms with E-state index in [1.165, 1.54) is 0 Å². The number of carboxylic acids is 1. The second-order valence-electron chi connectivity index (χ2n) is 7.31. The van der Waals surface area contributed by atoms with Gasteiger partial charge in [-0.1, -0.05) is 33.6 Å². The number of hydrogen-bond acceptors (Lipinski definition) is 2. The first-order valence-corrected chi connectivity index (χ1v) is 7.55. The first-order chi connectivity index (χ1) is 9.25. The van der Waals surface area contributed by atoms with Gasteiger partial charge in [0.05, 0.1) is 0 Å². The Kier molecular flexibility index (Phi) is 3.98. The molecule has 2 amide bonds. The van der Waals surface area contributed by atoms with Crippen molar-refractivity contribution < 1.29 is 14.7 Å². The minimum atomic E-state index is -1.08. The predicted molar refractivity (Wildman–Crippen MR) is 76.4 cm³/mol. The van der Waals surface area contributed by atoms with E-state index in [-0.39, 0.29) is 6.03 Å². The first kappa shape index (κ1) is 15.1. The number of amides is 2. The summed E-state index contributed by atoms with van der Waals surface area (Å²) in [7, 11) is 0. The molecular formula is C15H26N2O3.